The zero-order chi connectivity index (χ0) is 21.8. The molecule has 2 aromatic heterocycles. The number of halogens is 1. The fourth-order valence-corrected chi connectivity index (χ4v) is 5.40. The maximum atomic E-state index is 12.9. The molecule has 0 N–H and O–H groups in total. The highest BCUT2D eigenvalue weighted by atomic mass is 79.9. The molecule has 1 saturated heterocycles. The monoisotopic (exact) mass is 491 g/mol. The zero-order valence-corrected chi connectivity index (χ0v) is 19.6. The van der Waals surface area contributed by atoms with Crippen molar-refractivity contribution >= 4 is 27.7 Å². The van der Waals surface area contributed by atoms with Crippen LogP contribution in [0.3, 0.4) is 0 Å². The third-order valence-electron chi connectivity index (χ3n) is 7.25. The first-order valence-electron chi connectivity index (χ1n) is 11.7. The van der Waals surface area contributed by atoms with Crippen LogP contribution in [-0.4, -0.2) is 46.5 Å². The lowest BCUT2D eigenvalue weighted by molar-refractivity contribution is -0.135. The van der Waals surface area contributed by atoms with Crippen LogP contribution in [0.2, 0.25) is 0 Å². The second-order valence-corrected chi connectivity index (χ2v) is 10.5. The van der Waals surface area contributed by atoms with E-state index in [4.69, 9.17) is 4.98 Å². The number of hydrogen-bond acceptors (Lipinski definition) is 5. The molecule has 1 amide bonds. The van der Waals surface area contributed by atoms with Crippen molar-refractivity contribution in [3.8, 4) is 17.2 Å². The van der Waals surface area contributed by atoms with Gasteiger partial charge in [-0.25, -0.2) is 9.97 Å². The molecule has 164 valence electrons. The average molecular weight is 492 g/mol. The second-order valence-electron chi connectivity index (χ2n) is 9.70. The summed E-state index contributed by atoms with van der Waals surface area (Å²) in [5, 5.41) is 10.0. The molecule has 3 saturated carbocycles. The highest BCUT2D eigenvalue weighted by Gasteiger charge is 2.45. The Morgan fingerprint density at radius 3 is 2.59 bits per heavy atom. The van der Waals surface area contributed by atoms with Gasteiger partial charge in [0, 0.05) is 43.2 Å². The number of piperazine rings is 1. The summed E-state index contributed by atoms with van der Waals surface area (Å²) in [5.74, 6) is 2.47. The highest BCUT2D eigenvalue weighted by Crippen LogP contribution is 2.46. The number of nitrogens with zero attached hydrogens (tertiary/aromatic N) is 5. The minimum Gasteiger partial charge on any atom is -0.352 e. The molecule has 3 heterocycles. The van der Waals surface area contributed by atoms with Crippen molar-refractivity contribution in [2.75, 3.05) is 24.5 Å². The van der Waals surface area contributed by atoms with Gasteiger partial charge in [0.25, 0.3) is 0 Å². The number of pyridine rings is 2. The topological polar surface area (TPSA) is 73.1 Å². The van der Waals surface area contributed by atoms with Gasteiger partial charge in [0.05, 0.1) is 17.3 Å². The Hall–Kier alpha value is -2.46. The van der Waals surface area contributed by atoms with Gasteiger partial charge in [0.15, 0.2) is 0 Å². The molecule has 1 atom stereocenters. The van der Waals surface area contributed by atoms with Crippen molar-refractivity contribution in [3.05, 3.63) is 40.3 Å². The third-order valence-corrected chi connectivity index (χ3v) is 7.68. The molecule has 0 aromatic carbocycles. The van der Waals surface area contributed by atoms with Gasteiger partial charge in [-0.3, -0.25) is 4.79 Å². The summed E-state index contributed by atoms with van der Waals surface area (Å²) in [5.41, 5.74) is 3.79. The van der Waals surface area contributed by atoms with Crippen LogP contribution in [0.4, 0.5) is 5.82 Å². The summed E-state index contributed by atoms with van der Waals surface area (Å²) in [4.78, 5) is 26.7. The molecule has 0 spiro atoms. The van der Waals surface area contributed by atoms with E-state index in [0.29, 0.717) is 23.3 Å². The fraction of sp³-hybridized carbons (Fsp3) is 0.520. The van der Waals surface area contributed by atoms with Gasteiger partial charge in [-0.2, -0.15) is 5.26 Å². The predicted octanol–water partition coefficient (Wildman–Crippen LogP) is 4.49. The molecule has 3 aliphatic carbocycles. The molecule has 1 aliphatic heterocycles. The van der Waals surface area contributed by atoms with E-state index >= 15 is 0 Å². The van der Waals surface area contributed by atoms with E-state index in [1.165, 1.54) is 12.8 Å². The molecule has 6 nitrogen and oxygen atoms in total. The maximum Gasteiger partial charge on any atom is 0.226 e. The molecule has 7 heteroatoms. The van der Waals surface area contributed by atoms with Crippen LogP contribution in [0, 0.1) is 23.2 Å². The SMILES string of the molecule is N#Cc1cc(-c2ccnc(Br)c2)c(C2CC2)nc1N1CCN(C(=O)C2CC2)[C@H](C2CC2)C1. The van der Waals surface area contributed by atoms with Gasteiger partial charge < -0.3 is 9.80 Å². The predicted molar refractivity (Wildman–Crippen MR) is 125 cm³/mol. The van der Waals surface area contributed by atoms with Crippen LogP contribution in [-0.2, 0) is 4.79 Å². The fourth-order valence-electron chi connectivity index (χ4n) is 5.04. The average Bonchev–Trinajstić information content (AvgIpc) is 3.66. The van der Waals surface area contributed by atoms with E-state index in [0.717, 1.165) is 72.6 Å². The molecule has 0 radical (unpaired) electrons. The first-order chi connectivity index (χ1) is 15.6. The van der Waals surface area contributed by atoms with Gasteiger partial charge in [-0.1, -0.05) is 0 Å². The van der Waals surface area contributed by atoms with Gasteiger partial charge in [0.1, 0.15) is 16.5 Å². The van der Waals surface area contributed by atoms with Gasteiger partial charge >= 0.3 is 0 Å². The molecule has 6 rings (SSSR count). The van der Waals surface area contributed by atoms with Crippen molar-refractivity contribution in [2.24, 2.45) is 11.8 Å². The Labute approximate surface area is 196 Å². The number of nitriles is 1. The van der Waals surface area contributed by atoms with Crippen molar-refractivity contribution in [1.29, 1.82) is 5.26 Å². The number of rotatable bonds is 5. The number of carbonyl (C=O) groups is 1. The molecular formula is C25H26BrN5O. The summed E-state index contributed by atoms with van der Waals surface area (Å²) in [7, 11) is 0. The lowest BCUT2D eigenvalue weighted by Gasteiger charge is -2.43. The minimum atomic E-state index is 0.255. The van der Waals surface area contributed by atoms with Gasteiger partial charge in [-0.15, -0.1) is 0 Å². The van der Waals surface area contributed by atoms with E-state index in [9.17, 15) is 10.1 Å². The first-order valence-corrected chi connectivity index (χ1v) is 12.5. The van der Waals surface area contributed by atoms with Crippen molar-refractivity contribution < 1.29 is 4.79 Å². The van der Waals surface area contributed by atoms with Crippen LogP contribution in [0.25, 0.3) is 11.1 Å². The van der Waals surface area contributed by atoms with Crippen molar-refractivity contribution in [2.45, 2.75) is 50.5 Å². The number of carbonyl (C=O) groups excluding carboxylic acids is 1. The van der Waals surface area contributed by atoms with Gasteiger partial charge in [0.2, 0.25) is 5.91 Å². The van der Waals surface area contributed by atoms with E-state index < -0.39 is 0 Å². The summed E-state index contributed by atoms with van der Waals surface area (Å²) in [6, 6.07) is 8.67. The number of aromatic nitrogens is 2. The maximum absolute atomic E-state index is 12.9. The standard InChI is InChI=1S/C25H26BrN5O/c26-22-12-18(7-8-28-22)20-11-19(13-27)24(29-23(20)16-3-4-16)30-9-10-31(25(32)17-5-6-17)21(14-30)15-1-2-15/h7-8,11-12,15-17,21H,1-6,9-10,14H2/t21-/m0/s1. The van der Waals surface area contributed by atoms with Crippen LogP contribution < -0.4 is 4.90 Å². The smallest absolute Gasteiger partial charge is 0.226 e. The van der Waals surface area contributed by atoms with E-state index in [-0.39, 0.29) is 12.0 Å². The molecule has 0 bridgehead atoms. The Kier molecular flexibility index (Phi) is 4.94. The number of hydrogen-bond donors (Lipinski definition) is 0. The largest absolute Gasteiger partial charge is 0.352 e. The van der Waals surface area contributed by atoms with Crippen LogP contribution >= 0.6 is 15.9 Å². The normalized spacial score (nSPS) is 23.2. The Morgan fingerprint density at radius 1 is 1.12 bits per heavy atom. The summed E-state index contributed by atoms with van der Waals surface area (Å²) in [6.07, 6.45) is 8.58. The lowest BCUT2D eigenvalue weighted by atomic mass is 9.99. The van der Waals surface area contributed by atoms with Crippen LogP contribution in [0.15, 0.2) is 29.0 Å². The Morgan fingerprint density at radius 2 is 1.94 bits per heavy atom. The van der Waals surface area contributed by atoms with Crippen molar-refractivity contribution in [1.82, 2.24) is 14.9 Å². The minimum absolute atomic E-state index is 0.255. The van der Waals surface area contributed by atoms with E-state index in [2.05, 4.69) is 36.8 Å². The first kappa shape index (κ1) is 20.2. The molecule has 4 fully saturated rings. The van der Waals surface area contributed by atoms with Crippen LogP contribution in [0.1, 0.15) is 55.7 Å². The van der Waals surface area contributed by atoms with E-state index in [1.54, 1.807) is 6.20 Å². The molecule has 2 aromatic rings. The molecular weight excluding hydrogens is 466 g/mol. The highest BCUT2D eigenvalue weighted by molar-refractivity contribution is 9.10. The lowest BCUT2D eigenvalue weighted by Crippen LogP contribution is -2.57. The zero-order valence-electron chi connectivity index (χ0n) is 18.0. The second kappa shape index (κ2) is 7.84. The number of amides is 1. The number of anilines is 1. The molecule has 4 aliphatic rings. The summed E-state index contributed by atoms with van der Waals surface area (Å²) >= 11 is 3.47. The van der Waals surface area contributed by atoms with Gasteiger partial charge in [-0.05, 0) is 84.1 Å². The summed E-state index contributed by atoms with van der Waals surface area (Å²) < 4.78 is 0.781. The van der Waals surface area contributed by atoms with Crippen LogP contribution in [0.5, 0.6) is 0 Å². The summed E-state index contributed by atoms with van der Waals surface area (Å²) in [6.45, 7) is 2.27. The molecule has 32 heavy (non-hydrogen) atoms. The quantitative estimate of drug-likeness (QED) is 0.575. The Bertz CT molecular complexity index is 1120. The van der Waals surface area contributed by atoms with E-state index in [1.807, 2.05) is 18.2 Å². The molecule has 0 unspecified atom stereocenters. The van der Waals surface area contributed by atoms with Crippen molar-refractivity contribution in [3.63, 3.8) is 0 Å². The Balaban J connectivity index is 1.35. The third kappa shape index (κ3) is 3.79.